The molecule has 2 heterocycles. The summed E-state index contributed by atoms with van der Waals surface area (Å²) < 4.78 is 3.47. The van der Waals surface area contributed by atoms with E-state index in [0.29, 0.717) is 0 Å². The molecule has 0 spiro atoms. The molecule has 0 amide bonds. The number of hydrogen-bond acceptors (Lipinski definition) is 5. The Morgan fingerprint density at radius 1 is 1.24 bits per heavy atom. The van der Waals surface area contributed by atoms with Gasteiger partial charge in [0.25, 0.3) is 0 Å². The second-order valence-electron chi connectivity index (χ2n) is 5.02. The zero-order valence-corrected chi connectivity index (χ0v) is 12.3. The maximum Gasteiger partial charge on any atom is 0.143 e. The van der Waals surface area contributed by atoms with Gasteiger partial charge in [-0.2, -0.15) is 5.10 Å². The van der Waals surface area contributed by atoms with Crippen LogP contribution in [0.2, 0.25) is 0 Å². The number of hydrogen-bond donors (Lipinski definition) is 1. The van der Waals surface area contributed by atoms with Crippen molar-refractivity contribution in [2.24, 2.45) is 7.05 Å². The lowest BCUT2D eigenvalue weighted by Crippen LogP contribution is -2.03. The SMILES string of the molecule is Cc1ccc(-n2cnnn2)cc1NCc1cn(C)nc1C. The van der Waals surface area contributed by atoms with Crippen LogP contribution in [-0.4, -0.2) is 30.0 Å². The fourth-order valence-corrected chi connectivity index (χ4v) is 2.24. The summed E-state index contributed by atoms with van der Waals surface area (Å²) >= 11 is 0. The average Bonchev–Trinajstić information content (AvgIpc) is 3.08. The van der Waals surface area contributed by atoms with Crippen molar-refractivity contribution in [2.45, 2.75) is 20.4 Å². The van der Waals surface area contributed by atoms with Crippen molar-refractivity contribution in [3.05, 3.63) is 47.5 Å². The lowest BCUT2D eigenvalue weighted by molar-refractivity contribution is 0.756. The van der Waals surface area contributed by atoms with E-state index in [9.17, 15) is 0 Å². The molecule has 0 radical (unpaired) electrons. The summed E-state index contributed by atoms with van der Waals surface area (Å²) in [6, 6.07) is 6.08. The minimum absolute atomic E-state index is 0.736. The normalized spacial score (nSPS) is 10.8. The molecule has 0 bridgehead atoms. The summed E-state index contributed by atoms with van der Waals surface area (Å²) in [7, 11) is 1.93. The Kier molecular flexibility index (Phi) is 3.39. The highest BCUT2D eigenvalue weighted by molar-refractivity contribution is 5.56. The lowest BCUT2D eigenvalue weighted by atomic mass is 10.1. The molecule has 7 nitrogen and oxygen atoms in total. The Labute approximate surface area is 122 Å². The molecule has 0 fully saturated rings. The van der Waals surface area contributed by atoms with Gasteiger partial charge in [-0.1, -0.05) is 6.07 Å². The molecule has 0 saturated heterocycles. The van der Waals surface area contributed by atoms with Crippen LogP contribution in [0.5, 0.6) is 0 Å². The largest absolute Gasteiger partial charge is 0.381 e. The summed E-state index contributed by atoms with van der Waals surface area (Å²) in [5.41, 5.74) is 5.39. The number of aryl methyl sites for hydroxylation is 3. The van der Waals surface area contributed by atoms with Crippen molar-refractivity contribution in [1.82, 2.24) is 30.0 Å². The predicted molar refractivity (Wildman–Crippen MR) is 79.2 cm³/mol. The summed E-state index contributed by atoms with van der Waals surface area (Å²) in [6.45, 7) is 4.82. The third kappa shape index (κ3) is 2.76. The minimum Gasteiger partial charge on any atom is -0.381 e. The Hall–Kier alpha value is -2.70. The van der Waals surface area contributed by atoms with Gasteiger partial charge >= 0.3 is 0 Å². The molecular weight excluding hydrogens is 266 g/mol. The fraction of sp³-hybridized carbons (Fsp3) is 0.286. The number of tetrazole rings is 1. The third-order valence-corrected chi connectivity index (χ3v) is 3.42. The molecule has 0 aliphatic heterocycles. The Morgan fingerprint density at radius 3 is 2.76 bits per heavy atom. The summed E-state index contributed by atoms with van der Waals surface area (Å²) in [5.74, 6) is 0. The topological polar surface area (TPSA) is 73.5 Å². The number of benzene rings is 1. The molecule has 3 aromatic rings. The number of anilines is 1. The Bertz CT molecular complexity index is 743. The second-order valence-corrected chi connectivity index (χ2v) is 5.02. The van der Waals surface area contributed by atoms with Gasteiger partial charge in [0.15, 0.2) is 0 Å². The molecule has 108 valence electrons. The van der Waals surface area contributed by atoms with Crippen LogP contribution in [0.4, 0.5) is 5.69 Å². The van der Waals surface area contributed by atoms with Gasteiger partial charge in [-0.3, -0.25) is 4.68 Å². The Morgan fingerprint density at radius 2 is 2.10 bits per heavy atom. The van der Waals surface area contributed by atoms with E-state index in [2.05, 4.69) is 38.9 Å². The van der Waals surface area contributed by atoms with Crippen molar-refractivity contribution in [3.8, 4) is 5.69 Å². The molecule has 0 aliphatic rings. The van der Waals surface area contributed by atoms with Crippen LogP contribution in [0.25, 0.3) is 5.69 Å². The highest BCUT2D eigenvalue weighted by Crippen LogP contribution is 2.20. The highest BCUT2D eigenvalue weighted by atomic mass is 15.5. The van der Waals surface area contributed by atoms with Crippen molar-refractivity contribution in [2.75, 3.05) is 5.32 Å². The third-order valence-electron chi connectivity index (χ3n) is 3.42. The van der Waals surface area contributed by atoms with Gasteiger partial charge in [0.2, 0.25) is 0 Å². The number of nitrogens with zero attached hydrogens (tertiary/aromatic N) is 6. The summed E-state index contributed by atoms with van der Waals surface area (Å²) in [4.78, 5) is 0. The molecule has 0 saturated carbocycles. The fourth-order valence-electron chi connectivity index (χ4n) is 2.24. The van der Waals surface area contributed by atoms with Gasteiger partial charge in [0.05, 0.1) is 11.4 Å². The van der Waals surface area contributed by atoms with Crippen molar-refractivity contribution >= 4 is 5.69 Å². The van der Waals surface area contributed by atoms with E-state index in [0.717, 1.165) is 23.6 Å². The highest BCUT2D eigenvalue weighted by Gasteiger charge is 2.06. The van der Waals surface area contributed by atoms with Crippen molar-refractivity contribution < 1.29 is 0 Å². The van der Waals surface area contributed by atoms with E-state index in [-0.39, 0.29) is 0 Å². The van der Waals surface area contributed by atoms with Crippen LogP contribution < -0.4 is 5.32 Å². The monoisotopic (exact) mass is 283 g/mol. The standard InChI is InChI=1S/C14H17N7/c1-10-4-5-13(21-9-16-18-19-21)6-14(10)15-7-12-8-20(3)17-11(12)2/h4-6,8-9,15H,7H2,1-3H3. The van der Waals surface area contributed by atoms with Gasteiger partial charge in [-0.05, 0) is 42.0 Å². The Balaban J connectivity index is 1.82. The zero-order valence-electron chi connectivity index (χ0n) is 12.3. The maximum atomic E-state index is 4.35. The maximum absolute atomic E-state index is 4.35. The number of rotatable bonds is 4. The first-order valence-corrected chi connectivity index (χ1v) is 6.70. The summed E-state index contributed by atoms with van der Waals surface area (Å²) in [6.07, 6.45) is 3.61. The number of nitrogens with one attached hydrogen (secondary N) is 1. The van der Waals surface area contributed by atoms with Crippen LogP contribution in [0.3, 0.4) is 0 Å². The van der Waals surface area contributed by atoms with Crippen LogP contribution >= 0.6 is 0 Å². The molecule has 3 rings (SSSR count). The molecule has 0 atom stereocenters. The molecule has 1 aromatic carbocycles. The van der Waals surface area contributed by atoms with E-state index in [1.54, 1.807) is 11.0 Å². The minimum atomic E-state index is 0.736. The first kappa shape index (κ1) is 13.3. The van der Waals surface area contributed by atoms with E-state index in [1.807, 2.05) is 37.0 Å². The molecule has 0 aliphatic carbocycles. The quantitative estimate of drug-likeness (QED) is 0.787. The molecule has 0 unspecified atom stereocenters. The molecule has 1 N–H and O–H groups in total. The first-order chi connectivity index (χ1) is 10.1. The molecule has 2 aromatic heterocycles. The summed E-state index contributed by atoms with van der Waals surface area (Å²) in [5, 5.41) is 19.0. The van der Waals surface area contributed by atoms with Gasteiger partial charge in [0.1, 0.15) is 6.33 Å². The average molecular weight is 283 g/mol. The molecular formula is C14H17N7. The van der Waals surface area contributed by atoms with Gasteiger partial charge in [-0.25, -0.2) is 4.68 Å². The molecule has 21 heavy (non-hydrogen) atoms. The second kappa shape index (κ2) is 5.35. The lowest BCUT2D eigenvalue weighted by Gasteiger charge is -2.11. The van der Waals surface area contributed by atoms with Crippen LogP contribution in [0.1, 0.15) is 16.8 Å². The van der Waals surface area contributed by atoms with Crippen LogP contribution in [0.15, 0.2) is 30.7 Å². The molecule has 7 heteroatoms. The first-order valence-electron chi connectivity index (χ1n) is 6.70. The van der Waals surface area contributed by atoms with E-state index < -0.39 is 0 Å². The van der Waals surface area contributed by atoms with Crippen molar-refractivity contribution in [3.63, 3.8) is 0 Å². The van der Waals surface area contributed by atoms with Crippen molar-refractivity contribution in [1.29, 1.82) is 0 Å². The zero-order chi connectivity index (χ0) is 14.8. The van der Waals surface area contributed by atoms with E-state index in [4.69, 9.17) is 0 Å². The van der Waals surface area contributed by atoms with Crippen LogP contribution in [-0.2, 0) is 13.6 Å². The van der Waals surface area contributed by atoms with E-state index in [1.165, 1.54) is 11.1 Å². The smallest absolute Gasteiger partial charge is 0.143 e. The van der Waals surface area contributed by atoms with Crippen LogP contribution in [0, 0.1) is 13.8 Å². The van der Waals surface area contributed by atoms with Gasteiger partial charge < -0.3 is 5.32 Å². The van der Waals surface area contributed by atoms with E-state index >= 15 is 0 Å². The van der Waals surface area contributed by atoms with Gasteiger partial charge in [-0.15, -0.1) is 5.10 Å². The number of aromatic nitrogens is 6. The predicted octanol–water partition coefficient (Wildman–Crippen LogP) is 1.62. The van der Waals surface area contributed by atoms with Gasteiger partial charge in [0, 0.05) is 31.0 Å².